The number of hydrogen-bond acceptors (Lipinski definition) is 2. The van der Waals surface area contributed by atoms with Crippen LogP contribution in [0.3, 0.4) is 0 Å². The van der Waals surface area contributed by atoms with Crippen molar-refractivity contribution in [3.63, 3.8) is 0 Å². The molecule has 3 N–H and O–H groups in total. The molecule has 0 aromatic rings. The van der Waals surface area contributed by atoms with E-state index in [4.69, 9.17) is 5.73 Å². The molecule has 0 aromatic heterocycles. The fourth-order valence-electron chi connectivity index (χ4n) is 0.626. The summed E-state index contributed by atoms with van der Waals surface area (Å²) in [5.74, 6) is 0. The topological polar surface area (TPSA) is 56.0 Å². The van der Waals surface area contributed by atoms with Crippen LogP contribution >= 0.6 is 0 Å². The number of hydrogen-bond donors (Lipinski definition) is 1. The zero-order valence-electron chi connectivity index (χ0n) is 7.75. The van der Waals surface area contributed by atoms with E-state index in [9.17, 15) is 0 Å². The number of rotatable bonds is 4. The lowest BCUT2D eigenvalue weighted by Crippen LogP contribution is -2.26. The van der Waals surface area contributed by atoms with Crippen LogP contribution < -0.4 is 5.73 Å². The van der Waals surface area contributed by atoms with E-state index in [0.717, 1.165) is 23.9 Å². The van der Waals surface area contributed by atoms with Gasteiger partial charge in [0.25, 0.3) is 0 Å². The summed E-state index contributed by atoms with van der Waals surface area (Å²) in [7, 11) is 6.41. The van der Waals surface area contributed by atoms with Crippen LogP contribution in [0.4, 0.5) is 0 Å². The lowest BCUT2D eigenvalue weighted by molar-refractivity contribution is -0.817. The lowest BCUT2D eigenvalue weighted by atomic mass is 10.3. The van der Waals surface area contributed by atoms with Crippen LogP contribution in [0.1, 0.15) is 12.8 Å². The highest BCUT2D eigenvalue weighted by molar-refractivity contribution is 4.72. The van der Waals surface area contributed by atoms with Crippen LogP contribution in [0.15, 0.2) is 12.3 Å². The molecule has 0 unspecified atom stereocenters. The Kier molecular flexibility index (Phi) is 7.62. The minimum absolute atomic E-state index is 0. The van der Waals surface area contributed by atoms with Crippen LogP contribution in [0.2, 0.25) is 0 Å². The minimum atomic E-state index is 0. The Morgan fingerprint density at radius 2 is 1.82 bits per heavy atom. The second kappa shape index (κ2) is 6.34. The normalized spacial score (nSPS) is 11.6. The zero-order chi connectivity index (χ0) is 8.04. The van der Waals surface area contributed by atoms with Crippen LogP contribution in [-0.4, -0.2) is 37.6 Å². The van der Waals surface area contributed by atoms with Gasteiger partial charge >= 0.3 is 0 Å². The molecule has 0 saturated carbocycles. The fourth-order valence-corrected chi connectivity index (χ4v) is 0.626. The van der Waals surface area contributed by atoms with Crippen molar-refractivity contribution in [3.8, 4) is 0 Å². The second-order valence-corrected chi connectivity index (χ2v) is 3.43. The summed E-state index contributed by atoms with van der Waals surface area (Å²) in [6.07, 6.45) is 6.56. The predicted molar refractivity (Wildman–Crippen MR) is 47.4 cm³/mol. The van der Waals surface area contributed by atoms with Crippen molar-refractivity contribution in [1.29, 1.82) is 0 Å². The van der Waals surface area contributed by atoms with Gasteiger partial charge in [-0.3, -0.25) is 0 Å². The molecule has 0 saturated heterocycles. The highest BCUT2D eigenvalue weighted by Gasteiger charge is 1.97. The van der Waals surface area contributed by atoms with Crippen molar-refractivity contribution in [1.82, 2.24) is 0 Å². The smallest absolute Gasteiger partial charge is 0.0911 e. The first-order valence-electron chi connectivity index (χ1n) is 3.75. The summed E-state index contributed by atoms with van der Waals surface area (Å²) in [6.45, 7) is 0.793. The summed E-state index contributed by atoms with van der Waals surface area (Å²) in [6, 6.07) is 0. The number of allylic oxidation sites excluding steroid dienone is 1. The Balaban J connectivity index is 0. The first-order valence-corrected chi connectivity index (χ1v) is 3.75. The van der Waals surface area contributed by atoms with E-state index in [1.54, 1.807) is 0 Å². The maximum absolute atomic E-state index is 5.34. The Morgan fingerprint density at radius 1 is 1.27 bits per heavy atom. The summed E-state index contributed by atoms with van der Waals surface area (Å²) < 4.78 is 0.893. The van der Waals surface area contributed by atoms with E-state index >= 15 is 0 Å². The van der Waals surface area contributed by atoms with Gasteiger partial charge in [-0.1, -0.05) is 0 Å². The summed E-state index contributed by atoms with van der Waals surface area (Å²) in [5.41, 5.74) is 5.34. The monoisotopic (exact) mass is 160 g/mol. The van der Waals surface area contributed by atoms with Gasteiger partial charge in [0.15, 0.2) is 0 Å². The molecule has 0 spiro atoms. The Bertz CT molecular complexity index is 105. The van der Waals surface area contributed by atoms with E-state index in [1.165, 1.54) is 0 Å². The predicted octanol–water partition coefficient (Wildman–Crippen LogP) is 0.768. The van der Waals surface area contributed by atoms with Gasteiger partial charge in [0.2, 0.25) is 0 Å². The standard InChI is InChI=1S/C8H19N2.H2O/c1-10(2,3)8-6-4-5-7-9;/h6,8H,4-5,7,9H2,1-3H3;1H2/q+1;/p-1/b8-6+;. The van der Waals surface area contributed by atoms with E-state index in [-0.39, 0.29) is 5.48 Å². The molecule has 0 fully saturated rings. The van der Waals surface area contributed by atoms with Crippen molar-refractivity contribution in [2.75, 3.05) is 27.7 Å². The Hall–Kier alpha value is -0.380. The quantitative estimate of drug-likeness (QED) is 0.488. The number of quaternary nitrogens is 1. The average Bonchev–Trinajstić information content (AvgIpc) is 1.78. The third-order valence-electron chi connectivity index (χ3n) is 1.13. The SMILES string of the molecule is C[N+](C)(C)/C=C/CCCN.[OH-]. The zero-order valence-corrected chi connectivity index (χ0v) is 7.75. The maximum atomic E-state index is 5.34. The van der Waals surface area contributed by atoms with E-state index in [0.29, 0.717) is 0 Å². The molecule has 0 bridgehead atoms. The maximum Gasteiger partial charge on any atom is 0.0911 e. The molecule has 3 nitrogen and oxygen atoms in total. The molecule has 0 aromatic carbocycles. The molecular weight excluding hydrogens is 140 g/mol. The van der Waals surface area contributed by atoms with Gasteiger partial charge in [-0.25, -0.2) is 0 Å². The van der Waals surface area contributed by atoms with E-state index < -0.39 is 0 Å². The number of nitrogens with two attached hydrogens (primary N) is 1. The second-order valence-electron chi connectivity index (χ2n) is 3.43. The molecule has 11 heavy (non-hydrogen) atoms. The summed E-state index contributed by atoms with van der Waals surface area (Å²) in [4.78, 5) is 0. The van der Waals surface area contributed by atoms with Gasteiger partial charge < -0.3 is 15.7 Å². The Morgan fingerprint density at radius 3 is 2.18 bits per heavy atom. The van der Waals surface area contributed by atoms with E-state index in [2.05, 4.69) is 33.4 Å². The molecular formula is C8H20N2O. The van der Waals surface area contributed by atoms with Crippen LogP contribution in [-0.2, 0) is 0 Å². The van der Waals surface area contributed by atoms with Gasteiger partial charge in [0.1, 0.15) is 0 Å². The van der Waals surface area contributed by atoms with Gasteiger partial charge in [0.05, 0.1) is 27.3 Å². The fraction of sp³-hybridized carbons (Fsp3) is 0.750. The van der Waals surface area contributed by atoms with Gasteiger partial charge in [0, 0.05) is 0 Å². The molecule has 0 atom stereocenters. The van der Waals surface area contributed by atoms with Crippen molar-refractivity contribution in [2.24, 2.45) is 5.73 Å². The largest absolute Gasteiger partial charge is 0.870 e. The summed E-state index contributed by atoms with van der Waals surface area (Å²) in [5, 5.41) is 0. The molecule has 0 aliphatic rings. The molecule has 0 amide bonds. The third-order valence-corrected chi connectivity index (χ3v) is 1.13. The number of nitrogens with zero attached hydrogens (tertiary/aromatic N) is 1. The van der Waals surface area contributed by atoms with Gasteiger partial charge in [-0.05, 0) is 25.5 Å². The average molecular weight is 160 g/mol. The van der Waals surface area contributed by atoms with Gasteiger partial charge in [-0.2, -0.15) is 0 Å². The first-order chi connectivity index (χ1) is 4.56. The molecule has 3 heteroatoms. The van der Waals surface area contributed by atoms with Crippen LogP contribution in [0.25, 0.3) is 0 Å². The van der Waals surface area contributed by atoms with Crippen LogP contribution in [0.5, 0.6) is 0 Å². The van der Waals surface area contributed by atoms with Crippen molar-refractivity contribution in [3.05, 3.63) is 12.3 Å². The minimum Gasteiger partial charge on any atom is -0.870 e. The van der Waals surface area contributed by atoms with Crippen molar-refractivity contribution in [2.45, 2.75) is 12.8 Å². The van der Waals surface area contributed by atoms with Crippen molar-refractivity contribution < 1.29 is 9.96 Å². The Labute approximate surface area is 69.4 Å². The first kappa shape index (κ1) is 13.2. The number of unbranched alkanes of at least 4 members (excludes halogenated alkanes) is 1. The molecule has 0 aliphatic heterocycles. The molecule has 0 radical (unpaired) electrons. The molecule has 68 valence electrons. The third kappa shape index (κ3) is 12.7. The van der Waals surface area contributed by atoms with Crippen LogP contribution in [0, 0.1) is 0 Å². The highest BCUT2D eigenvalue weighted by Crippen LogP contribution is 1.94. The lowest BCUT2D eigenvalue weighted by Gasteiger charge is -2.17. The molecule has 0 aliphatic carbocycles. The van der Waals surface area contributed by atoms with E-state index in [1.807, 2.05) is 0 Å². The molecule has 0 rings (SSSR count). The van der Waals surface area contributed by atoms with Crippen molar-refractivity contribution >= 4 is 0 Å². The molecule has 0 heterocycles. The highest BCUT2D eigenvalue weighted by atomic mass is 16.0. The van der Waals surface area contributed by atoms with Gasteiger partial charge in [-0.15, -0.1) is 0 Å². The summed E-state index contributed by atoms with van der Waals surface area (Å²) >= 11 is 0.